The third-order valence-corrected chi connectivity index (χ3v) is 11.0. The summed E-state index contributed by atoms with van der Waals surface area (Å²) in [6.45, 7) is 4.74. The summed E-state index contributed by atoms with van der Waals surface area (Å²) < 4.78 is 33.5. The summed E-state index contributed by atoms with van der Waals surface area (Å²) in [5.74, 6) is -0.350. The number of phosphoric ester groups is 1. The first-order chi connectivity index (χ1) is 30.4. The second-order valence-electron chi connectivity index (χ2n) is 15.9. The van der Waals surface area contributed by atoms with Crippen LogP contribution < -0.4 is 5.73 Å². The fourth-order valence-corrected chi connectivity index (χ4v) is 7.15. The van der Waals surface area contributed by atoms with Gasteiger partial charge in [0.15, 0.2) is 0 Å². The highest BCUT2D eigenvalue weighted by atomic mass is 31.2. The molecular formula is C53H92NO7P. The van der Waals surface area contributed by atoms with E-state index in [0.29, 0.717) is 13.0 Å². The van der Waals surface area contributed by atoms with E-state index < -0.39 is 13.9 Å². The van der Waals surface area contributed by atoms with E-state index >= 15 is 0 Å². The first-order valence-electron chi connectivity index (χ1n) is 24.7. The second-order valence-corrected chi connectivity index (χ2v) is 17.4. The molecule has 0 amide bonds. The monoisotopic (exact) mass is 886 g/mol. The third-order valence-electron chi connectivity index (χ3n) is 9.99. The molecule has 8 nitrogen and oxygen atoms in total. The number of hydrogen-bond donors (Lipinski definition) is 2. The Morgan fingerprint density at radius 3 is 1.35 bits per heavy atom. The van der Waals surface area contributed by atoms with E-state index in [-0.39, 0.29) is 32.3 Å². The molecule has 0 spiro atoms. The van der Waals surface area contributed by atoms with Crippen molar-refractivity contribution in [3.63, 3.8) is 0 Å². The topological polar surface area (TPSA) is 117 Å². The Morgan fingerprint density at radius 2 is 0.903 bits per heavy atom. The van der Waals surface area contributed by atoms with Crippen LogP contribution in [0.3, 0.4) is 0 Å². The summed E-state index contributed by atoms with van der Waals surface area (Å²) in [5, 5.41) is 0. The van der Waals surface area contributed by atoms with Gasteiger partial charge < -0.3 is 20.1 Å². The van der Waals surface area contributed by atoms with Gasteiger partial charge in [-0.3, -0.25) is 13.8 Å². The van der Waals surface area contributed by atoms with Gasteiger partial charge in [0, 0.05) is 19.6 Å². The molecule has 356 valence electrons. The van der Waals surface area contributed by atoms with Gasteiger partial charge in [0.2, 0.25) is 0 Å². The van der Waals surface area contributed by atoms with Gasteiger partial charge >= 0.3 is 13.8 Å². The molecule has 62 heavy (non-hydrogen) atoms. The summed E-state index contributed by atoms with van der Waals surface area (Å²) in [4.78, 5) is 22.6. The Hall–Kier alpha value is -2.58. The highest BCUT2D eigenvalue weighted by molar-refractivity contribution is 7.47. The third kappa shape index (κ3) is 48.5. The van der Waals surface area contributed by atoms with E-state index in [0.717, 1.165) is 89.9 Å². The normalized spacial score (nSPS) is 14.2. The van der Waals surface area contributed by atoms with Crippen LogP contribution in [-0.2, 0) is 27.9 Å². The molecule has 0 aliphatic heterocycles. The molecule has 0 aliphatic rings. The van der Waals surface area contributed by atoms with Crippen molar-refractivity contribution >= 4 is 13.8 Å². The van der Waals surface area contributed by atoms with E-state index in [1.165, 1.54) is 83.5 Å². The first-order valence-corrected chi connectivity index (χ1v) is 26.2. The van der Waals surface area contributed by atoms with Crippen LogP contribution in [-0.4, -0.2) is 49.9 Å². The van der Waals surface area contributed by atoms with Crippen LogP contribution in [0.5, 0.6) is 0 Å². The minimum Gasteiger partial charge on any atom is -0.457 e. The van der Waals surface area contributed by atoms with Crippen molar-refractivity contribution in [1.82, 2.24) is 0 Å². The molecule has 0 aliphatic carbocycles. The molecule has 0 saturated heterocycles. The SMILES string of the molecule is CC/C=C\C/C=C\C/C=C\C/C=C\C/C=C\C/C=C\CCCCCCCCC(=O)OC(COCCCCCCCCCC/C=C\C/C=C\CCCCC)COP(=O)(O)OCCN. The zero-order valence-electron chi connectivity index (χ0n) is 39.6. The summed E-state index contributed by atoms with van der Waals surface area (Å²) >= 11 is 0. The maximum Gasteiger partial charge on any atom is 0.472 e. The van der Waals surface area contributed by atoms with Crippen molar-refractivity contribution in [2.24, 2.45) is 5.73 Å². The standard InChI is InChI=1S/C53H92NO7P/c1-3-5-7-9-11-13-15-17-19-21-23-24-25-26-27-28-29-30-32-34-36-38-40-42-44-46-53(55)61-52(51-60-62(56,57)59-49-47-54)50-58-48-45-43-41-39-37-35-33-31-22-20-18-16-14-12-10-8-6-4-2/h5,7,11-14,17-20,23-24,26-27,29-30,52H,3-4,6,8-10,15-16,21-22,25,28,31-51,54H2,1-2H3,(H,56,57)/b7-5-,13-11-,14-12-,19-17-,20-18-,24-23-,27-26-,30-29-. The number of ether oxygens (including phenoxy) is 2. The lowest BCUT2D eigenvalue weighted by molar-refractivity contribution is -0.154. The summed E-state index contributed by atoms with van der Waals surface area (Å²) in [7, 11) is -4.29. The van der Waals surface area contributed by atoms with Gasteiger partial charge in [0.25, 0.3) is 0 Å². The summed E-state index contributed by atoms with van der Waals surface area (Å²) in [5.41, 5.74) is 5.38. The van der Waals surface area contributed by atoms with Gasteiger partial charge in [0.05, 0.1) is 19.8 Å². The molecule has 0 aromatic heterocycles. The van der Waals surface area contributed by atoms with Gasteiger partial charge in [-0.1, -0.05) is 188 Å². The highest BCUT2D eigenvalue weighted by Gasteiger charge is 2.25. The van der Waals surface area contributed by atoms with Crippen LogP contribution in [0.15, 0.2) is 97.2 Å². The zero-order valence-corrected chi connectivity index (χ0v) is 40.5. The zero-order chi connectivity index (χ0) is 45.1. The molecular weight excluding hydrogens is 794 g/mol. The minimum atomic E-state index is -4.29. The Balaban J connectivity index is 4.05. The van der Waals surface area contributed by atoms with E-state index in [1.807, 2.05) is 0 Å². The predicted octanol–water partition coefficient (Wildman–Crippen LogP) is 15.4. The Bertz CT molecular complexity index is 1270. The van der Waals surface area contributed by atoms with E-state index in [9.17, 15) is 14.3 Å². The molecule has 9 heteroatoms. The van der Waals surface area contributed by atoms with Gasteiger partial charge in [-0.2, -0.15) is 0 Å². The highest BCUT2D eigenvalue weighted by Crippen LogP contribution is 2.43. The average Bonchev–Trinajstić information content (AvgIpc) is 3.26. The second kappa shape index (κ2) is 49.4. The van der Waals surface area contributed by atoms with Crippen LogP contribution in [0.25, 0.3) is 0 Å². The minimum absolute atomic E-state index is 0.0914. The molecule has 3 N–H and O–H groups in total. The van der Waals surface area contributed by atoms with Crippen LogP contribution >= 0.6 is 7.82 Å². The van der Waals surface area contributed by atoms with E-state index in [1.54, 1.807) is 0 Å². The molecule has 0 aromatic rings. The number of carbonyl (C=O) groups is 1. The van der Waals surface area contributed by atoms with E-state index in [2.05, 4.69) is 111 Å². The van der Waals surface area contributed by atoms with E-state index in [4.69, 9.17) is 24.3 Å². The van der Waals surface area contributed by atoms with Crippen LogP contribution in [0.1, 0.15) is 194 Å². The number of rotatable bonds is 46. The molecule has 0 aromatic carbocycles. The maximum atomic E-state index is 12.6. The number of hydrogen-bond acceptors (Lipinski definition) is 7. The Kier molecular flexibility index (Phi) is 47.4. The van der Waals surface area contributed by atoms with Crippen molar-refractivity contribution in [1.29, 1.82) is 0 Å². The Morgan fingerprint density at radius 1 is 0.500 bits per heavy atom. The fraction of sp³-hybridized carbons (Fsp3) is 0.679. The van der Waals surface area contributed by atoms with Crippen LogP contribution in [0.4, 0.5) is 0 Å². The van der Waals surface area contributed by atoms with Crippen LogP contribution in [0, 0.1) is 0 Å². The molecule has 0 radical (unpaired) electrons. The van der Waals surface area contributed by atoms with Gasteiger partial charge in [0.1, 0.15) is 6.10 Å². The largest absolute Gasteiger partial charge is 0.472 e. The van der Waals surface area contributed by atoms with Crippen molar-refractivity contribution in [2.45, 2.75) is 200 Å². The van der Waals surface area contributed by atoms with Crippen molar-refractivity contribution in [3.8, 4) is 0 Å². The molecule has 0 rings (SSSR count). The number of unbranched alkanes of at least 4 members (excludes halogenated alkanes) is 17. The van der Waals surface area contributed by atoms with Gasteiger partial charge in [-0.15, -0.1) is 0 Å². The lowest BCUT2D eigenvalue weighted by atomic mass is 10.1. The number of esters is 1. The molecule has 2 atom stereocenters. The molecule has 0 heterocycles. The van der Waals surface area contributed by atoms with Crippen molar-refractivity contribution < 1.29 is 32.8 Å². The summed E-state index contributed by atoms with van der Waals surface area (Å²) in [6, 6.07) is 0. The average molecular weight is 886 g/mol. The molecule has 0 bridgehead atoms. The number of nitrogens with two attached hydrogens (primary N) is 1. The summed E-state index contributed by atoms with van der Waals surface area (Å²) in [6.07, 6.45) is 65.7. The molecule has 2 unspecified atom stereocenters. The molecule has 0 fully saturated rings. The number of allylic oxidation sites excluding steroid dienone is 16. The molecule has 0 saturated carbocycles. The number of phosphoric acid groups is 1. The fourth-order valence-electron chi connectivity index (χ4n) is 6.38. The Labute approximate surface area is 380 Å². The quantitative estimate of drug-likeness (QED) is 0.0269. The van der Waals surface area contributed by atoms with Gasteiger partial charge in [-0.05, 0) is 96.3 Å². The number of carbonyl (C=O) groups excluding carboxylic acids is 1. The van der Waals surface area contributed by atoms with Crippen molar-refractivity contribution in [2.75, 3.05) is 33.0 Å². The predicted molar refractivity (Wildman–Crippen MR) is 265 cm³/mol. The van der Waals surface area contributed by atoms with Crippen molar-refractivity contribution in [3.05, 3.63) is 97.2 Å². The van der Waals surface area contributed by atoms with Crippen LogP contribution in [0.2, 0.25) is 0 Å². The van der Waals surface area contributed by atoms with Gasteiger partial charge in [-0.25, -0.2) is 4.57 Å². The smallest absolute Gasteiger partial charge is 0.457 e. The maximum absolute atomic E-state index is 12.6. The lowest BCUT2D eigenvalue weighted by Gasteiger charge is -2.20. The first kappa shape index (κ1) is 59.4. The lowest BCUT2D eigenvalue weighted by Crippen LogP contribution is -2.28.